The lowest BCUT2D eigenvalue weighted by Gasteiger charge is -2.35. The van der Waals surface area contributed by atoms with E-state index in [1.165, 1.54) is 11.3 Å². The summed E-state index contributed by atoms with van der Waals surface area (Å²) < 4.78 is 5.07. The third kappa shape index (κ3) is 2.90. The molecule has 0 spiro atoms. The molecule has 3 aromatic rings. The summed E-state index contributed by atoms with van der Waals surface area (Å²) in [6.07, 6.45) is 6.83. The maximum atomic E-state index is 12.6. The first-order chi connectivity index (χ1) is 11.8. The quantitative estimate of drug-likeness (QED) is 0.734. The van der Waals surface area contributed by atoms with Crippen molar-refractivity contribution in [3.63, 3.8) is 0 Å². The van der Waals surface area contributed by atoms with Crippen LogP contribution in [0.25, 0.3) is 10.6 Å². The molecule has 0 atom stereocenters. The van der Waals surface area contributed by atoms with Crippen LogP contribution in [-0.4, -0.2) is 47.0 Å². The number of amides is 1. The molecule has 1 aliphatic heterocycles. The Morgan fingerprint density at radius 3 is 2.62 bits per heavy atom. The number of carbonyl (C=O) groups excluding carboxylic acids is 1. The largest absolute Gasteiger partial charge is 0.472 e. The Balaban J connectivity index is 1.41. The maximum absolute atomic E-state index is 12.6. The fraction of sp³-hybridized carbons (Fsp3) is 0.235. The van der Waals surface area contributed by atoms with Gasteiger partial charge in [0.1, 0.15) is 17.0 Å². The first-order valence-corrected chi connectivity index (χ1v) is 8.61. The van der Waals surface area contributed by atoms with Crippen LogP contribution in [0.15, 0.2) is 52.9 Å². The van der Waals surface area contributed by atoms with Gasteiger partial charge in [0.2, 0.25) is 0 Å². The van der Waals surface area contributed by atoms with E-state index in [2.05, 4.69) is 14.9 Å². The molecule has 0 aromatic carbocycles. The molecule has 0 saturated carbocycles. The summed E-state index contributed by atoms with van der Waals surface area (Å²) in [5, 5.41) is 2.63. The average molecular weight is 340 g/mol. The number of nitrogens with zero attached hydrogens (tertiary/aromatic N) is 4. The third-order valence-corrected chi connectivity index (χ3v) is 4.98. The van der Waals surface area contributed by atoms with Gasteiger partial charge in [-0.2, -0.15) is 0 Å². The van der Waals surface area contributed by atoms with Gasteiger partial charge in [-0.3, -0.25) is 9.78 Å². The zero-order valence-electron chi connectivity index (χ0n) is 13.0. The summed E-state index contributed by atoms with van der Waals surface area (Å²) in [5.74, 6) is -0.00428. The van der Waals surface area contributed by atoms with Crippen LogP contribution in [0, 0.1) is 0 Å². The van der Waals surface area contributed by atoms with E-state index in [1.807, 2.05) is 28.5 Å². The van der Waals surface area contributed by atoms with Crippen LogP contribution in [0.5, 0.6) is 0 Å². The highest BCUT2D eigenvalue weighted by Gasteiger charge is 2.24. The average Bonchev–Trinajstić information content (AvgIpc) is 3.33. The number of rotatable bonds is 3. The molecule has 1 saturated heterocycles. The van der Waals surface area contributed by atoms with E-state index >= 15 is 0 Å². The van der Waals surface area contributed by atoms with E-state index in [1.54, 1.807) is 24.9 Å². The molecule has 0 aliphatic carbocycles. The van der Waals surface area contributed by atoms with E-state index < -0.39 is 0 Å². The van der Waals surface area contributed by atoms with Crippen LogP contribution < -0.4 is 4.90 Å². The molecule has 4 heterocycles. The lowest BCUT2D eigenvalue weighted by molar-refractivity contribution is 0.0742. The Morgan fingerprint density at radius 1 is 1.12 bits per heavy atom. The molecule has 4 rings (SSSR count). The summed E-state index contributed by atoms with van der Waals surface area (Å²) >= 11 is 1.46. The maximum Gasteiger partial charge on any atom is 0.273 e. The smallest absolute Gasteiger partial charge is 0.273 e. The number of aromatic nitrogens is 2. The molecule has 7 heteroatoms. The summed E-state index contributed by atoms with van der Waals surface area (Å²) in [6.45, 7) is 3.02. The second-order valence-electron chi connectivity index (χ2n) is 5.53. The summed E-state index contributed by atoms with van der Waals surface area (Å²) in [5.41, 5.74) is 2.56. The second kappa shape index (κ2) is 6.45. The summed E-state index contributed by atoms with van der Waals surface area (Å²) in [7, 11) is 0. The Bertz CT molecular complexity index is 808. The predicted molar refractivity (Wildman–Crippen MR) is 92.2 cm³/mol. The number of hydrogen-bond acceptors (Lipinski definition) is 6. The number of thiazole rings is 1. The SMILES string of the molecule is O=C(c1csc(-c2ccoc2)n1)N1CCN(c2ccncc2)CC1. The molecule has 0 unspecified atom stereocenters. The van der Waals surface area contributed by atoms with E-state index in [4.69, 9.17) is 4.42 Å². The minimum absolute atomic E-state index is 0.00428. The van der Waals surface area contributed by atoms with Crippen molar-refractivity contribution in [1.29, 1.82) is 0 Å². The molecule has 6 nitrogen and oxygen atoms in total. The number of anilines is 1. The van der Waals surface area contributed by atoms with Crippen LogP contribution in [0.3, 0.4) is 0 Å². The molecule has 24 heavy (non-hydrogen) atoms. The van der Waals surface area contributed by atoms with Crippen molar-refractivity contribution in [2.24, 2.45) is 0 Å². The van der Waals surface area contributed by atoms with Crippen molar-refractivity contribution in [2.45, 2.75) is 0 Å². The zero-order valence-corrected chi connectivity index (χ0v) is 13.8. The van der Waals surface area contributed by atoms with Gasteiger partial charge >= 0.3 is 0 Å². The van der Waals surface area contributed by atoms with E-state index in [0.717, 1.165) is 29.3 Å². The minimum Gasteiger partial charge on any atom is -0.472 e. The van der Waals surface area contributed by atoms with Crippen LogP contribution in [0.4, 0.5) is 5.69 Å². The monoisotopic (exact) mass is 340 g/mol. The van der Waals surface area contributed by atoms with Crippen molar-refractivity contribution in [2.75, 3.05) is 31.1 Å². The fourth-order valence-corrected chi connectivity index (χ4v) is 3.56. The molecule has 1 aliphatic rings. The highest BCUT2D eigenvalue weighted by atomic mass is 32.1. The minimum atomic E-state index is -0.00428. The number of pyridine rings is 1. The van der Waals surface area contributed by atoms with E-state index in [9.17, 15) is 4.79 Å². The van der Waals surface area contributed by atoms with Gasteiger partial charge in [-0.25, -0.2) is 4.98 Å². The Hall–Kier alpha value is -2.67. The van der Waals surface area contributed by atoms with Crippen LogP contribution >= 0.6 is 11.3 Å². The first kappa shape index (κ1) is 14.9. The van der Waals surface area contributed by atoms with Gasteiger partial charge in [0, 0.05) is 55.2 Å². The summed E-state index contributed by atoms with van der Waals surface area (Å²) in [6, 6.07) is 5.84. The molecular weight excluding hydrogens is 324 g/mol. The predicted octanol–water partition coefficient (Wildman–Crippen LogP) is 2.76. The molecule has 0 bridgehead atoms. The van der Waals surface area contributed by atoms with Gasteiger partial charge < -0.3 is 14.2 Å². The van der Waals surface area contributed by atoms with Crippen molar-refractivity contribution < 1.29 is 9.21 Å². The highest BCUT2D eigenvalue weighted by molar-refractivity contribution is 7.13. The highest BCUT2D eigenvalue weighted by Crippen LogP contribution is 2.25. The van der Waals surface area contributed by atoms with Gasteiger partial charge in [0.25, 0.3) is 5.91 Å². The molecule has 1 amide bonds. The second-order valence-corrected chi connectivity index (χ2v) is 6.39. The number of piperazine rings is 1. The lowest BCUT2D eigenvalue weighted by atomic mass is 10.2. The molecule has 1 fully saturated rings. The van der Waals surface area contributed by atoms with Crippen molar-refractivity contribution in [1.82, 2.24) is 14.9 Å². The number of carbonyl (C=O) groups is 1. The first-order valence-electron chi connectivity index (χ1n) is 7.73. The molecule has 0 radical (unpaired) electrons. The van der Waals surface area contributed by atoms with Crippen LogP contribution in [0.2, 0.25) is 0 Å². The normalized spacial score (nSPS) is 14.8. The Kier molecular flexibility index (Phi) is 4.00. The third-order valence-electron chi connectivity index (χ3n) is 4.09. The van der Waals surface area contributed by atoms with Gasteiger partial charge in [-0.1, -0.05) is 0 Å². The van der Waals surface area contributed by atoms with Gasteiger partial charge in [-0.15, -0.1) is 11.3 Å². The standard InChI is InChI=1S/C17H16N4O2S/c22-17(15-12-24-16(19-15)13-3-10-23-11-13)21-8-6-20(7-9-21)14-1-4-18-5-2-14/h1-5,10-12H,6-9H2. The molecular formula is C17H16N4O2S. The molecule has 3 aromatic heterocycles. The fourth-order valence-electron chi connectivity index (χ4n) is 2.78. The Morgan fingerprint density at radius 2 is 1.92 bits per heavy atom. The van der Waals surface area contributed by atoms with Crippen molar-refractivity contribution in [3.8, 4) is 10.6 Å². The van der Waals surface area contributed by atoms with E-state index in [-0.39, 0.29) is 5.91 Å². The molecule has 0 N–H and O–H groups in total. The van der Waals surface area contributed by atoms with Crippen LogP contribution in [-0.2, 0) is 0 Å². The van der Waals surface area contributed by atoms with Gasteiger partial charge in [0.15, 0.2) is 0 Å². The van der Waals surface area contributed by atoms with Crippen molar-refractivity contribution in [3.05, 3.63) is 54.2 Å². The van der Waals surface area contributed by atoms with Crippen molar-refractivity contribution >= 4 is 22.9 Å². The van der Waals surface area contributed by atoms with Gasteiger partial charge in [-0.05, 0) is 18.2 Å². The topological polar surface area (TPSA) is 62.5 Å². The number of furan rings is 1. The molecule has 122 valence electrons. The summed E-state index contributed by atoms with van der Waals surface area (Å²) in [4.78, 5) is 25.3. The lowest BCUT2D eigenvalue weighted by Crippen LogP contribution is -2.48. The van der Waals surface area contributed by atoms with Crippen LogP contribution in [0.1, 0.15) is 10.5 Å². The number of hydrogen-bond donors (Lipinski definition) is 0. The van der Waals surface area contributed by atoms with E-state index in [0.29, 0.717) is 18.8 Å². The Labute approximate surface area is 143 Å². The van der Waals surface area contributed by atoms with Gasteiger partial charge in [0.05, 0.1) is 6.26 Å². The zero-order chi connectivity index (χ0) is 16.4.